The van der Waals surface area contributed by atoms with Gasteiger partial charge in [0.15, 0.2) is 0 Å². The Kier molecular flexibility index (Phi) is 0.369. The van der Waals surface area contributed by atoms with Gasteiger partial charge in [0.05, 0.1) is 0 Å². The zero-order chi connectivity index (χ0) is 6.77. The molecule has 0 aromatic carbocycles. The van der Waals surface area contributed by atoms with Crippen LogP contribution in [0.3, 0.4) is 0 Å². The van der Waals surface area contributed by atoms with Crippen molar-refractivity contribution in [2.45, 2.75) is 5.66 Å². The predicted molar refractivity (Wildman–Crippen MR) is 25.0 cm³/mol. The Morgan fingerprint density at radius 2 is 2.20 bits per heavy atom. The molecular formula is C3N6O. The lowest BCUT2D eigenvalue weighted by Crippen LogP contribution is -2.26. The van der Waals surface area contributed by atoms with Crippen LogP contribution in [0.1, 0.15) is 10.6 Å². The van der Waals surface area contributed by atoms with Crippen LogP contribution >= 0.6 is 0 Å². The average molecular weight is 136 g/mol. The van der Waals surface area contributed by atoms with Crippen LogP contribution in [0.5, 0.6) is 0 Å². The van der Waals surface area contributed by atoms with Crippen molar-refractivity contribution in [1.82, 2.24) is 20.2 Å². The molecule has 0 N–H and O–H groups in total. The number of hydrogen-bond acceptors (Lipinski definition) is 6. The van der Waals surface area contributed by atoms with E-state index < -0.39 is 5.66 Å². The Morgan fingerprint density at radius 3 is 2.60 bits per heavy atom. The fraction of sp³-hybridized carbons (Fsp3) is 0.333. The predicted octanol–water partition coefficient (Wildman–Crippen LogP) is -1.05. The largest absolute Gasteiger partial charge is 0.333 e. The van der Waals surface area contributed by atoms with Crippen LogP contribution in [-0.4, -0.2) is 26.1 Å². The second-order valence-electron chi connectivity index (χ2n) is 2.08. The molecule has 0 saturated carbocycles. The van der Waals surface area contributed by atoms with Crippen LogP contribution in [0.2, 0.25) is 0 Å². The monoisotopic (exact) mass is 136 g/mol. The third-order valence-corrected chi connectivity index (χ3v) is 1.51. The van der Waals surface area contributed by atoms with Crippen molar-refractivity contribution < 1.29 is 4.79 Å². The van der Waals surface area contributed by atoms with Gasteiger partial charge in [-0.2, -0.15) is 0 Å². The number of hydrogen-bond donors (Lipinski definition) is 0. The number of fused-ring (bicyclic) bond motifs is 3. The lowest BCUT2D eigenvalue weighted by atomic mass is 10.2. The summed E-state index contributed by atoms with van der Waals surface area (Å²) in [5.41, 5.74) is -1.05. The van der Waals surface area contributed by atoms with Crippen molar-refractivity contribution >= 4 is 5.91 Å². The van der Waals surface area contributed by atoms with E-state index in [0.29, 0.717) is 0 Å². The van der Waals surface area contributed by atoms with E-state index in [-0.39, 0.29) is 11.7 Å². The Balaban J connectivity index is 2.36. The molecule has 2 bridgehead atoms. The van der Waals surface area contributed by atoms with Crippen molar-refractivity contribution in [2.24, 2.45) is 10.2 Å². The van der Waals surface area contributed by atoms with E-state index in [4.69, 9.17) is 0 Å². The molecule has 7 heteroatoms. The van der Waals surface area contributed by atoms with Crippen LogP contribution in [-0.2, 0) is 5.66 Å². The fourth-order valence-corrected chi connectivity index (χ4v) is 0.900. The zero-order valence-electron chi connectivity index (χ0n) is 4.59. The minimum absolute atomic E-state index is 0.289. The van der Waals surface area contributed by atoms with Crippen LogP contribution in [0.25, 0.3) is 0 Å². The van der Waals surface area contributed by atoms with Gasteiger partial charge in [-0.05, 0) is 5.21 Å². The van der Waals surface area contributed by atoms with Crippen LogP contribution in [0.15, 0.2) is 10.2 Å². The molecule has 2 aliphatic rings. The van der Waals surface area contributed by atoms with Gasteiger partial charge < -0.3 is 0 Å². The maximum atomic E-state index is 11.0. The van der Waals surface area contributed by atoms with Gasteiger partial charge in [0, 0.05) is 0 Å². The van der Waals surface area contributed by atoms with Gasteiger partial charge >= 0.3 is 11.6 Å². The van der Waals surface area contributed by atoms with E-state index in [1.807, 2.05) is 0 Å². The molecule has 0 atom stereocenters. The summed E-state index contributed by atoms with van der Waals surface area (Å²) in [5, 5.41) is 17.7. The molecule has 0 unspecified atom stereocenters. The number of nitrogens with zero attached hydrogens (tertiary/aromatic N) is 6. The van der Waals surface area contributed by atoms with E-state index in [2.05, 4.69) is 25.6 Å². The molecular weight excluding hydrogens is 136 g/mol. The van der Waals surface area contributed by atoms with Crippen LogP contribution in [0, 0.1) is 0 Å². The highest BCUT2D eigenvalue weighted by molar-refractivity contribution is 5.91. The van der Waals surface area contributed by atoms with Crippen molar-refractivity contribution in [1.29, 1.82) is 0 Å². The van der Waals surface area contributed by atoms with E-state index >= 15 is 0 Å². The highest BCUT2D eigenvalue weighted by Gasteiger charge is 2.60. The number of carbonyl (C=O) groups excluding carboxylic acids is 1. The van der Waals surface area contributed by atoms with Gasteiger partial charge in [0.2, 0.25) is 5.82 Å². The summed E-state index contributed by atoms with van der Waals surface area (Å²) in [4.78, 5) is 11.9. The first-order valence-electron chi connectivity index (χ1n) is 2.62. The highest BCUT2D eigenvalue weighted by Crippen LogP contribution is 2.41. The van der Waals surface area contributed by atoms with E-state index in [0.717, 1.165) is 4.80 Å². The SMILES string of the molecule is O=C1n2nnc(n2)C12N=N2. The summed E-state index contributed by atoms with van der Waals surface area (Å²) >= 11 is 0. The maximum Gasteiger partial charge on any atom is 0.333 e. The van der Waals surface area contributed by atoms with Crippen molar-refractivity contribution in [3.63, 3.8) is 0 Å². The fourth-order valence-electron chi connectivity index (χ4n) is 0.900. The molecule has 1 spiro atoms. The summed E-state index contributed by atoms with van der Waals surface area (Å²) in [6.07, 6.45) is 0. The molecule has 7 nitrogen and oxygen atoms in total. The molecule has 0 aliphatic carbocycles. The minimum atomic E-state index is -1.05. The lowest BCUT2D eigenvalue weighted by molar-refractivity contribution is 0.0829. The van der Waals surface area contributed by atoms with E-state index in [1.54, 1.807) is 0 Å². The van der Waals surface area contributed by atoms with Crippen molar-refractivity contribution in [3.8, 4) is 0 Å². The molecule has 3 heterocycles. The topological polar surface area (TPSA) is 85.4 Å². The van der Waals surface area contributed by atoms with Crippen LogP contribution in [0.4, 0.5) is 0 Å². The van der Waals surface area contributed by atoms with Gasteiger partial charge in [0.25, 0.3) is 0 Å². The molecule has 10 heavy (non-hydrogen) atoms. The van der Waals surface area contributed by atoms with Gasteiger partial charge in [-0.15, -0.1) is 20.4 Å². The summed E-state index contributed by atoms with van der Waals surface area (Å²) in [6, 6.07) is 0. The zero-order valence-corrected chi connectivity index (χ0v) is 4.59. The van der Waals surface area contributed by atoms with Gasteiger partial charge in [-0.1, -0.05) is 4.80 Å². The first-order valence-corrected chi connectivity index (χ1v) is 2.62. The quantitative estimate of drug-likeness (QED) is 0.455. The molecule has 0 saturated heterocycles. The number of rotatable bonds is 0. The number of carbonyl (C=O) groups is 1. The molecule has 0 fully saturated rings. The lowest BCUT2D eigenvalue weighted by Gasteiger charge is -1.95. The standard InChI is InChI=1S/C3N6O/c10-2-3(6-7-3)1-4-8-9(2)5-1. The van der Waals surface area contributed by atoms with Crippen molar-refractivity contribution in [2.75, 3.05) is 0 Å². The summed E-state index contributed by atoms with van der Waals surface area (Å²) < 4.78 is 0. The maximum absolute atomic E-state index is 11.0. The summed E-state index contributed by atoms with van der Waals surface area (Å²) in [5.74, 6) is -0.0324. The Labute approximate surface area is 53.7 Å². The molecule has 0 amide bonds. The van der Waals surface area contributed by atoms with E-state index in [1.165, 1.54) is 0 Å². The second kappa shape index (κ2) is 0.877. The normalized spacial score (nSPS) is 22.6. The average Bonchev–Trinajstić information content (AvgIpc) is 2.51. The second-order valence-corrected chi connectivity index (χ2v) is 2.08. The Hall–Kier alpha value is -1.66. The highest BCUT2D eigenvalue weighted by atomic mass is 16.2. The van der Waals surface area contributed by atoms with Crippen molar-refractivity contribution in [3.05, 3.63) is 5.82 Å². The Bertz CT molecular complexity index is 357. The first kappa shape index (κ1) is 4.20. The van der Waals surface area contributed by atoms with Gasteiger partial charge in [-0.3, -0.25) is 4.79 Å². The molecule has 0 radical (unpaired) electrons. The smallest absolute Gasteiger partial charge is 0.265 e. The first-order chi connectivity index (χ1) is 4.83. The van der Waals surface area contributed by atoms with Gasteiger partial charge in [0.1, 0.15) is 0 Å². The molecule has 48 valence electrons. The number of tetrazole rings is 1. The minimum Gasteiger partial charge on any atom is -0.265 e. The Morgan fingerprint density at radius 1 is 1.40 bits per heavy atom. The summed E-state index contributed by atoms with van der Waals surface area (Å²) in [6.45, 7) is 0. The number of aromatic nitrogens is 4. The van der Waals surface area contributed by atoms with Gasteiger partial charge in [-0.25, -0.2) is 0 Å². The summed E-state index contributed by atoms with van der Waals surface area (Å²) in [7, 11) is 0. The molecule has 2 aliphatic heterocycles. The molecule has 1 aromatic heterocycles. The molecule has 1 aromatic rings. The van der Waals surface area contributed by atoms with Crippen LogP contribution < -0.4 is 0 Å². The van der Waals surface area contributed by atoms with E-state index in [9.17, 15) is 4.79 Å². The molecule has 3 rings (SSSR count). The third-order valence-electron chi connectivity index (χ3n) is 1.51. The third kappa shape index (κ3) is 0.225.